The van der Waals surface area contributed by atoms with E-state index in [-0.39, 0.29) is 106 Å². The summed E-state index contributed by atoms with van der Waals surface area (Å²) in [6.07, 6.45) is 23.1. The van der Waals surface area contributed by atoms with E-state index in [1.807, 2.05) is 0 Å². The molecule has 0 aliphatic carbocycles. The second-order valence-corrected chi connectivity index (χ2v) is 6.80. The van der Waals surface area contributed by atoms with Gasteiger partial charge < -0.3 is 7.96 Å². The van der Waals surface area contributed by atoms with Gasteiger partial charge in [0.15, 0.2) is 0 Å². The standard InChI is InChI=1S/C20H40O2.2K.2H/c1-2-3-4-5-6-7-8-9-10-11-12-13-14-15-16-17-18-19-20(21)22;;;;/h2-19H2,1H3,(H,21,22);;;;/q;2*+1;2*-1. The van der Waals surface area contributed by atoms with E-state index in [0.717, 1.165) is 12.8 Å². The molecule has 0 unspecified atom stereocenters. The molecule has 0 saturated heterocycles. The summed E-state index contributed by atoms with van der Waals surface area (Å²) in [6.45, 7) is 2.28. The van der Waals surface area contributed by atoms with Crippen molar-refractivity contribution in [3.05, 3.63) is 0 Å². The number of hydrogen-bond acceptors (Lipinski definition) is 1. The van der Waals surface area contributed by atoms with E-state index in [1.54, 1.807) is 0 Å². The number of hydrogen-bond donors (Lipinski definition) is 1. The molecule has 4 heteroatoms. The van der Waals surface area contributed by atoms with Gasteiger partial charge in [-0.2, -0.15) is 0 Å². The molecule has 0 radical (unpaired) electrons. The maximum absolute atomic E-state index is 10.4. The smallest absolute Gasteiger partial charge is 1.00 e. The van der Waals surface area contributed by atoms with E-state index >= 15 is 0 Å². The Morgan fingerprint density at radius 3 is 1.08 bits per heavy atom. The fourth-order valence-corrected chi connectivity index (χ4v) is 3.00. The Morgan fingerprint density at radius 1 is 0.583 bits per heavy atom. The molecule has 0 aromatic heterocycles. The number of carboxylic acids is 1. The molecule has 0 aliphatic heterocycles. The Morgan fingerprint density at radius 2 is 0.833 bits per heavy atom. The maximum atomic E-state index is 10.4. The first kappa shape index (κ1) is 31.4. The fourth-order valence-electron chi connectivity index (χ4n) is 3.00. The number of aliphatic carboxylic acids is 1. The van der Waals surface area contributed by atoms with Crippen LogP contribution in [0.5, 0.6) is 0 Å². The third-order valence-corrected chi connectivity index (χ3v) is 4.49. The van der Waals surface area contributed by atoms with Crippen LogP contribution in [-0.2, 0) is 4.79 Å². The summed E-state index contributed by atoms with van der Waals surface area (Å²) in [5.41, 5.74) is 0. The van der Waals surface area contributed by atoms with Crippen LogP contribution in [0.3, 0.4) is 0 Å². The van der Waals surface area contributed by atoms with E-state index < -0.39 is 5.97 Å². The van der Waals surface area contributed by atoms with Crippen LogP contribution >= 0.6 is 0 Å². The minimum Gasteiger partial charge on any atom is -1.00 e. The van der Waals surface area contributed by atoms with Gasteiger partial charge in [0.05, 0.1) is 0 Å². The molecule has 0 fully saturated rings. The number of carbonyl (C=O) groups is 1. The summed E-state index contributed by atoms with van der Waals surface area (Å²) in [4.78, 5) is 10.4. The number of unbranched alkanes of at least 4 members (excludes halogenated alkanes) is 16. The Balaban J connectivity index is -0.000000367. The van der Waals surface area contributed by atoms with Gasteiger partial charge in [0.1, 0.15) is 0 Å². The zero-order valence-corrected chi connectivity index (χ0v) is 23.3. The van der Waals surface area contributed by atoms with Crippen molar-refractivity contribution in [3.63, 3.8) is 0 Å². The Labute approximate surface area is 239 Å². The maximum Gasteiger partial charge on any atom is 1.00 e. The Kier molecular flexibility index (Phi) is 36.6. The molecule has 0 atom stereocenters. The van der Waals surface area contributed by atoms with Gasteiger partial charge in [0.25, 0.3) is 0 Å². The van der Waals surface area contributed by atoms with Crippen LogP contribution in [0.4, 0.5) is 0 Å². The zero-order valence-electron chi connectivity index (χ0n) is 19.1. The van der Waals surface area contributed by atoms with Crippen LogP contribution in [0.1, 0.15) is 125 Å². The van der Waals surface area contributed by atoms with Crippen LogP contribution in [0.2, 0.25) is 0 Å². The summed E-state index contributed by atoms with van der Waals surface area (Å²) in [7, 11) is 0. The van der Waals surface area contributed by atoms with Crippen molar-refractivity contribution in [3.8, 4) is 0 Å². The largest absolute Gasteiger partial charge is 1.00 e. The van der Waals surface area contributed by atoms with Crippen molar-refractivity contribution >= 4 is 5.97 Å². The first-order chi connectivity index (χ1) is 10.8. The minimum absolute atomic E-state index is 0. The number of rotatable bonds is 18. The van der Waals surface area contributed by atoms with Crippen molar-refractivity contribution in [1.82, 2.24) is 0 Å². The fraction of sp³-hybridized carbons (Fsp3) is 0.950. The van der Waals surface area contributed by atoms with E-state index in [2.05, 4.69) is 6.92 Å². The van der Waals surface area contributed by atoms with Gasteiger partial charge >= 0.3 is 109 Å². The van der Waals surface area contributed by atoms with E-state index in [1.165, 1.54) is 96.3 Å². The van der Waals surface area contributed by atoms with Gasteiger partial charge in [-0.1, -0.05) is 110 Å². The molecule has 136 valence electrons. The normalized spacial score (nSPS) is 10.0. The average Bonchev–Trinajstić information content (AvgIpc) is 2.50. The molecular formula is C20H42K2O2. The third-order valence-electron chi connectivity index (χ3n) is 4.49. The molecule has 0 bridgehead atoms. The van der Waals surface area contributed by atoms with Crippen LogP contribution in [0, 0.1) is 0 Å². The predicted molar refractivity (Wildman–Crippen MR) is 98.6 cm³/mol. The first-order valence-corrected chi connectivity index (χ1v) is 9.99. The topological polar surface area (TPSA) is 37.3 Å². The van der Waals surface area contributed by atoms with Crippen LogP contribution < -0.4 is 103 Å². The van der Waals surface area contributed by atoms with Crippen molar-refractivity contribution in [1.29, 1.82) is 0 Å². The Hall–Kier alpha value is 2.74. The SMILES string of the molecule is CCCCCCCCCCCCCCCCCCCC(=O)O.[H-].[H-].[K+].[K+]. The van der Waals surface area contributed by atoms with Crippen molar-refractivity contribution in [2.24, 2.45) is 0 Å². The Bertz CT molecular complexity index is 246. The molecule has 1 N–H and O–H groups in total. The van der Waals surface area contributed by atoms with Crippen LogP contribution in [-0.4, -0.2) is 11.1 Å². The summed E-state index contributed by atoms with van der Waals surface area (Å²) in [5, 5.41) is 8.54. The summed E-state index contributed by atoms with van der Waals surface area (Å²) in [5.74, 6) is -0.652. The van der Waals surface area contributed by atoms with Gasteiger partial charge in [0.2, 0.25) is 0 Å². The molecule has 0 amide bonds. The molecule has 0 spiro atoms. The van der Waals surface area contributed by atoms with Crippen LogP contribution in [0.15, 0.2) is 0 Å². The van der Waals surface area contributed by atoms with Gasteiger partial charge in [0, 0.05) is 6.42 Å². The van der Waals surface area contributed by atoms with Gasteiger partial charge in [-0.25, -0.2) is 0 Å². The molecule has 0 heterocycles. The molecular weight excluding hydrogens is 350 g/mol. The molecule has 2 nitrogen and oxygen atoms in total. The van der Waals surface area contributed by atoms with E-state index in [9.17, 15) is 4.79 Å². The third kappa shape index (κ3) is 29.5. The molecule has 0 aromatic carbocycles. The minimum atomic E-state index is -0.652. The summed E-state index contributed by atoms with van der Waals surface area (Å²) >= 11 is 0. The van der Waals surface area contributed by atoms with E-state index in [0.29, 0.717) is 6.42 Å². The zero-order chi connectivity index (χ0) is 16.3. The quantitative estimate of drug-likeness (QED) is 0.282. The number of carboxylic acid groups (broad SMARTS) is 1. The van der Waals surface area contributed by atoms with Crippen molar-refractivity contribution in [2.45, 2.75) is 122 Å². The summed E-state index contributed by atoms with van der Waals surface area (Å²) in [6, 6.07) is 0. The monoisotopic (exact) mass is 392 g/mol. The van der Waals surface area contributed by atoms with Gasteiger partial charge in [-0.05, 0) is 6.42 Å². The van der Waals surface area contributed by atoms with Crippen molar-refractivity contribution in [2.75, 3.05) is 0 Å². The predicted octanol–water partition coefficient (Wildman–Crippen LogP) is 1.35. The average molecular weight is 393 g/mol. The molecule has 0 aromatic rings. The molecule has 0 saturated carbocycles. The van der Waals surface area contributed by atoms with Crippen LogP contribution in [0.25, 0.3) is 0 Å². The second-order valence-electron chi connectivity index (χ2n) is 6.80. The summed E-state index contributed by atoms with van der Waals surface area (Å²) < 4.78 is 0. The van der Waals surface area contributed by atoms with Gasteiger partial charge in [-0.3, -0.25) is 4.79 Å². The molecule has 0 rings (SSSR count). The van der Waals surface area contributed by atoms with Gasteiger partial charge in [-0.15, -0.1) is 0 Å². The van der Waals surface area contributed by atoms with E-state index in [4.69, 9.17) is 5.11 Å². The first-order valence-electron chi connectivity index (χ1n) is 9.99. The molecule has 24 heavy (non-hydrogen) atoms. The van der Waals surface area contributed by atoms with Crippen molar-refractivity contribution < 1.29 is 116 Å². The second kappa shape index (κ2) is 28.0. The molecule has 0 aliphatic rings.